The third kappa shape index (κ3) is 1.61. The minimum Gasteiger partial charge on any atom is -0.395 e. The summed E-state index contributed by atoms with van der Waals surface area (Å²) < 4.78 is 0. The summed E-state index contributed by atoms with van der Waals surface area (Å²) in [5, 5.41) is 30.7. The minimum absolute atomic E-state index is 0.114. The molecule has 1 heterocycles. The van der Waals surface area contributed by atoms with Crippen molar-refractivity contribution in [2.75, 3.05) is 6.61 Å². The molecule has 0 amide bonds. The van der Waals surface area contributed by atoms with Gasteiger partial charge in [0, 0.05) is 6.04 Å². The predicted molar refractivity (Wildman–Crippen MR) is 44.6 cm³/mol. The van der Waals surface area contributed by atoms with Gasteiger partial charge in [-0.1, -0.05) is 13.8 Å². The first kappa shape index (κ1) is 9.92. The summed E-state index contributed by atoms with van der Waals surface area (Å²) in [6.07, 6.45) is -1.61. The molecule has 4 heteroatoms. The van der Waals surface area contributed by atoms with Crippen LogP contribution < -0.4 is 5.32 Å². The van der Waals surface area contributed by atoms with Crippen LogP contribution in [-0.4, -0.2) is 46.2 Å². The smallest absolute Gasteiger partial charge is 0.0989 e. The van der Waals surface area contributed by atoms with E-state index in [2.05, 4.69) is 5.32 Å². The topological polar surface area (TPSA) is 72.7 Å². The van der Waals surface area contributed by atoms with Crippen molar-refractivity contribution in [2.45, 2.75) is 38.1 Å². The molecule has 1 aliphatic rings. The van der Waals surface area contributed by atoms with Crippen LogP contribution >= 0.6 is 0 Å². The highest BCUT2D eigenvalue weighted by molar-refractivity contribution is 4.98. The van der Waals surface area contributed by atoms with Crippen LogP contribution in [-0.2, 0) is 0 Å². The van der Waals surface area contributed by atoms with Gasteiger partial charge >= 0.3 is 0 Å². The Morgan fingerprint density at radius 1 is 1.25 bits per heavy atom. The predicted octanol–water partition coefficient (Wildman–Crippen LogP) is -1.30. The van der Waals surface area contributed by atoms with E-state index < -0.39 is 12.2 Å². The fourth-order valence-electron chi connectivity index (χ4n) is 1.64. The van der Waals surface area contributed by atoms with Crippen LogP contribution in [0.5, 0.6) is 0 Å². The normalized spacial score (nSPS) is 42.5. The molecule has 0 radical (unpaired) electrons. The molecular formula is C8H17NO3. The molecule has 0 spiro atoms. The second kappa shape index (κ2) is 3.70. The van der Waals surface area contributed by atoms with Gasteiger partial charge in [0.1, 0.15) is 0 Å². The summed E-state index contributed by atoms with van der Waals surface area (Å²) in [6.45, 7) is 3.79. The summed E-state index contributed by atoms with van der Waals surface area (Å²) in [5.74, 6) is 0.256. The second-order valence-electron chi connectivity index (χ2n) is 3.71. The van der Waals surface area contributed by atoms with Crippen molar-refractivity contribution >= 4 is 0 Å². The van der Waals surface area contributed by atoms with Crippen molar-refractivity contribution in [3.05, 3.63) is 0 Å². The van der Waals surface area contributed by atoms with Gasteiger partial charge in [-0.3, -0.25) is 0 Å². The quantitative estimate of drug-likeness (QED) is 0.421. The Morgan fingerprint density at radius 2 is 1.83 bits per heavy atom. The Morgan fingerprint density at radius 3 is 2.08 bits per heavy atom. The van der Waals surface area contributed by atoms with Crippen molar-refractivity contribution in [3.63, 3.8) is 0 Å². The van der Waals surface area contributed by atoms with Crippen molar-refractivity contribution in [1.82, 2.24) is 5.32 Å². The third-order valence-corrected chi connectivity index (χ3v) is 2.45. The van der Waals surface area contributed by atoms with Crippen LogP contribution in [0.15, 0.2) is 0 Å². The average Bonchev–Trinajstić information content (AvgIpc) is 2.30. The van der Waals surface area contributed by atoms with E-state index in [0.29, 0.717) is 0 Å². The Bertz CT molecular complexity index is 151. The number of aliphatic hydroxyl groups excluding tert-OH is 3. The van der Waals surface area contributed by atoms with Gasteiger partial charge in [0.05, 0.1) is 24.9 Å². The van der Waals surface area contributed by atoms with Gasteiger partial charge in [-0.25, -0.2) is 0 Å². The van der Waals surface area contributed by atoms with Crippen molar-refractivity contribution in [2.24, 2.45) is 5.92 Å². The molecule has 0 aromatic heterocycles. The van der Waals surface area contributed by atoms with E-state index in [1.807, 2.05) is 13.8 Å². The fraction of sp³-hybridized carbons (Fsp3) is 1.00. The molecule has 4 nitrogen and oxygen atoms in total. The summed E-state index contributed by atoms with van der Waals surface area (Å²) >= 11 is 0. The lowest BCUT2D eigenvalue weighted by atomic mass is 9.99. The van der Waals surface area contributed by atoms with E-state index in [-0.39, 0.29) is 24.6 Å². The molecule has 1 rings (SSSR count). The van der Waals surface area contributed by atoms with Crippen LogP contribution in [0.1, 0.15) is 13.8 Å². The lowest BCUT2D eigenvalue weighted by Gasteiger charge is -2.19. The van der Waals surface area contributed by atoms with Crippen molar-refractivity contribution < 1.29 is 15.3 Å². The molecule has 72 valence electrons. The summed E-state index contributed by atoms with van der Waals surface area (Å²) in [4.78, 5) is 0. The molecule has 1 saturated heterocycles. The molecule has 0 aromatic carbocycles. The average molecular weight is 175 g/mol. The van der Waals surface area contributed by atoms with Gasteiger partial charge in [-0.2, -0.15) is 0 Å². The molecule has 1 fully saturated rings. The van der Waals surface area contributed by atoms with Crippen LogP contribution in [0.2, 0.25) is 0 Å². The van der Waals surface area contributed by atoms with Crippen LogP contribution in [0.4, 0.5) is 0 Å². The zero-order chi connectivity index (χ0) is 9.30. The van der Waals surface area contributed by atoms with Gasteiger partial charge in [0.2, 0.25) is 0 Å². The Labute approximate surface area is 72.2 Å². The molecule has 0 saturated carbocycles. The molecular weight excluding hydrogens is 158 g/mol. The SMILES string of the molecule is CC(C)[C@@H]1N[C@H](CO)[C@@H](O)[C@H]1O. The molecule has 4 atom stereocenters. The van der Waals surface area contributed by atoms with Gasteiger partial charge in [0.25, 0.3) is 0 Å². The largest absolute Gasteiger partial charge is 0.395 e. The third-order valence-electron chi connectivity index (χ3n) is 2.45. The highest BCUT2D eigenvalue weighted by Crippen LogP contribution is 2.19. The van der Waals surface area contributed by atoms with Crippen LogP contribution in [0.3, 0.4) is 0 Å². The monoisotopic (exact) mass is 175 g/mol. The molecule has 4 N–H and O–H groups in total. The molecule has 1 aliphatic heterocycles. The van der Waals surface area contributed by atoms with Crippen LogP contribution in [0.25, 0.3) is 0 Å². The van der Waals surface area contributed by atoms with E-state index >= 15 is 0 Å². The summed E-state index contributed by atoms with van der Waals surface area (Å²) in [5.41, 5.74) is 0. The first-order valence-corrected chi connectivity index (χ1v) is 4.31. The van der Waals surface area contributed by atoms with E-state index in [4.69, 9.17) is 5.11 Å². The van der Waals surface area contributed by atoms with Crippen molar-refractivity contribution in [3.8, 4) is 0 Å². The number of nitrogens with one attached hydrogen (secondary N) is 1. The molecule has 0 unspecified atom stereocenters. The maximum Gasteiger partial charge on any atom is 0.0989 e. The highest BCUT2D eigenvalue weighted by atomic mass is 16.3. The number of hydrogen-bond donors (Lipinski definition) is 4. The zero-order valence-corrected chi connectivity index (χ0v) is 7.44. The van der Waals surface area contributed by atoms with E-state index in [9.17, 15) is 10.2 Å². The number of rotatable bonds is 2. The van der Waals surface area contributed by atoms with E-state index in [1.165, 1.54) is 0 Å². The highest BCUT2D eigenvalue weighted by Gasteiger charge is 2.41. The lowest BCUT2D eigenvalue weighted by molar-refractivity contribution is 0.0147. The van der Waals surface area contributed by atoms with E-state index in [0.717, 1.165) is 0 Å². The van der Waals surface area contributed by atoms with E-state index in [1.54, 1.807) is 0 Å². The molecule has 0 aromatic rings. The maximum absolute atomic E-state index is 9.51. The van der Waals surface area contributed by atoms with Gasteiger partial charge in [-0.15, -0.1) is 0 Å². The molecule has 0 aliphatic carbocycles. The van der Waals surface area contributed by atoms with Gasteiger partial charge in [-0.05, 0) is 5.92 Å². The van der Waals surface area contributed by atoms with Gasteiger partial charge in [0.15, 0.2) is 0 Å². The Hall–Kier alpha value is -0.160. The maximum atomic E-state index is 9.51. The molecule has 0 bridgehead atoms. The van der Waals surface area contributed by atoms with Gasteiger partial charge < -0.3 is 20.6 Å². The lowest BCUT2D eigenvalue weighted by Crippen LogP contribution is -2.38. The Kier molecular flexibility index (Phi) is 3.06. The Balaban J connectivity index is 2.60. The zero-order valence-electron chi connectivity index (χ0n) is 7.44. The standard InChI is InChI=1S/C8H17NO3/c1-4(2)6-8(12)7(11)5(3-10)9-6/h4-12H,3H2,1-2H3/t5-,6+,7-,8+/m1/s1. The first-order valence-electron chi connectivity index (χ1n) is 4.31. The molecule has 12 heavy (non-hydrogen) atoms. The fourth-order valence-corrected chi connectivity index (χ4v) is 1.64. The van der Waals surface area contributed by atoms with Crippen molar-refractivity contribution in [1.29, 1.82) is 0 Å². The summed E-state index contributed by atoms with van der Waals surface area (Å²) in [6, 6.07) is -0.496. The number of hydrogen-bond acceptors (Lipinski definition) is 4. The summed E-state index contributed by atoms with van der Waals surface area (Å²) in [7, 11) is 0. The minimum atomic E-state index is -0.845. The van der Waals surface area contributed by atoms with Crippen LogP contribution in [0, 0.1) is 5.92 Å². The first-order chi connectivity index (χ1) is 5.57. The number of aliphatic hydroxyl groups is 3. The second-order valence-corrected chi connectivity index (χ2v) is 3.71.